The Balaban J connectivity index is 2.93. The molecule has 0 bridgehead atoms. The highest BCUT2D eigenvalue weighted by atomic mass is 16.5. The fourth-order valence-corrected chi connectivity index (χ4v) is 0.795. The summed E-state index contributed by atoms with van der Waals surface area (Å²) in [4.78, 5) is 8.09. The summed E-state index contributed by atoms with van der Waals surface area (Å²) >= 11 is 0. The molecule has 10 heavy (non-hydrogen) atoms. The predicted octanol–water partition coefficient (Wildman–Crippen LogP) is -0.409. The van der Waals surface area contributed by atoms with E-state index in [1.807, 2.05) is 0 Å². The van der Waals surface area contributed by atoms with E-state index in [0.717, 1.165) is 5.39 Å². The van der Waals surface area contributed by atoms with E-state index < -0.39 is 0 Å². The molecule has 5 nitrogen and oxygen atoms in total. The number of aromatic amines is 1. The van der Waals surface area contributed by atoms with Crippen molar-refractivity contribution in [1.29, 1.82) is 0 Å². The van der Waals surface area contributed by atoms with E-state index in [1.54, 1.807) is 12.4 Å². The number of hydrogen-bond acceptors (Lipinski definition) is 3. The van der Waals surface area contributed by atoms with Crippen molar-refractivity contribution in [3.63, 3.8) is 0 Å². The van der Waals surface area contributed by atoms with Gasteiger partial charge in [-0.15, -0.1) is 0 Å². The minimum Gasteiger partial charge on any atom is -0.692 e. The molecule has 2 heterocycles. The monoisotopic (exact) mass is 136 g/mol. The van der Waals surface area contributed by atoms with Gasteiger partial charge in [0.1, 0.15) is 5.39 Å². The van der Waals surface area contributed by atoms with Crippen molar-refractivity contribution < 1.29 is 4.85 Å². The maximum atomic E-state index is 10.7. The van der Waals surface area contributed by atoms with E-state index in [4.69, 9.17) is 0 Å². The maximum absolute atomic E-state index is 10.7. The van der Waals surface area contributed by atoms with Crippen molar-refractivity contribution >= 4 is 11.0 Å². The van der Waals surface area contributed by atoms with E-state index in [1.165, 1.54) is 6.33 Å². The molecule has 0 radical (unpaired) electrons. The quantitative estimate of drug-likeness (QED) is 0.395. The molecule has 0 unspecified atom stereocenters. The van der Waals surface area contributed by atoms with Crippen LogP contribution in [0.15, 0.2) is 18.7 Å². The highest BCUT2D eigenvalue weighted by Crippen LogP contribution is 1.99. The highest BCUT2D eigenvalue weighted by Gasteiger charge is 2.04. The molecule has 0 saturated carbocycles. The van der Waals surface area contributed by atoms with Crippen molar-refractivity contribution in [2.75, 3.05) is 0 Å². The third-order valence-corrected chi connectivity index (χ3v) is 1.25. The Morgan fingerprint density at radius 3 is 3.30 bits per heavy atom. The van der Waals surface area contributed by atoms with E-state index in [2.05, 4.69) is 15.1 Å². The smallest absolute Gasteiger partial charge is 0.357 e. The van der Waals surface area contributed by atoms with E-state index in [-0.39, 0.29) is 0 Å². The zero-order chi connectivity index (χ0) is 6.97. The van der Waals surface area contributed by atoms with Crippen LogP contribution in [0, 0.1) is 5.21 Å². The van der Waals surface area contributed by atoms with Crippen LogP contribution < -0.4 is 4.85 Å². The molecule has 2 aromatic heterocycles. The van der Waals surface area contributed by atoms with Gasteiger partial charge < -0.3 is 5.21 Å². The van der Waals surface area contributed by atoms with Gasteiger partial charge in [-0.05, 0) is 4.98 Å². The first-order valence-electron chi connectivity index (χ1n) is 2.74. The molecule has 0 saturated heterocycles. The standard InChI is InChI=1S/C5H4N4O/c10-9-5-4(2-8-9)1-6-3-7-5/h1-3,8H. The van der Waals surface area contributed by atoms with Gasteiger partial charge in [-0.2, -0.15) is 4.85 Å². The Bertz CT molecular complexity index is 355. The van der Waals surface area contributed by atoms with Gasteiger partial charge >= 0.3 is 5.65 Å². The predicted molar refractivity (Wildman–Crippen MR) is 32.8 cm³/mol. The van der Waals surface area contributed by atoms with Crippen LogP contribution in [0.4, 0.5) is 0 Å². The van der Waals surface area contributed by atoms with E-state index >= 15 is 0 Å². The first-order valence-corrected chi connectivity index (χ1v) is 2.74. The van der Waals surface area contributed by atoms with Gasteiger partial charge in [-0.25, -0.2) is 10.1 Å². The fourth-order valence-electron chi connectivity index (χ4n) is 0.795. The van der Waals surface area contributed by atoms with Crippen LogP contribution in [0.25, 0.3) is 11.0 Å². The molecule has 5 heteroatoms. The van der Waals surface area contributed by atoms with Gasteiger partial charge in [0.2, 0.25) is 6.33 Å². The van der Waals surface area contributed by atoms with Gasteiger partial charge in [0.15, 0.2) is 0 Å². The minimum absolute atomic E-state index is 0.370. The molecule has 2 aromatic rings. The van der Waals surface area contributed by atoms with Gasteiger partial charge in [-0.3, -0.25) is 0 Å². The third-order valence-electron chi connectivity index (χ3n) is 1.25. The van der Waals surface area contributed by atoms with Crippen LogP contribution in [-0.4, -0.2) is 15.1 Å². The largest absolute Gasteiger partial charge is 0.692 e. The molecular formula is C5H4N4O. The number of H-pyrrole nitrogens is 1. The summed E-state index contributed by atoms with van der Waals surface area (Å²) in [5.74, 6) is 0. The minimum atomic E-state index is 0.370. The number of aromatic nitrogens is 4. The molecule has 0 fully saturated rings. The van der Waals surface area contributed by atoms with Crippen molar-refractivity contribution in [3.05, 3.63) is 23.9 Å². The lowest BCUT2D eigenvalue weighted by Crippen LogP contribution is -2.28. The van der Waals surface area contributed by atoms with Crippen LogP contribution in [0.1, 0.15) is 0 Å². The van der Waals surface area contributed by atoms with Crippen molar-refractivity contribution in [3.8, 4) is 0 Å². The summed E-state index contributed by atoms with van der Waals surface area (Å²) in [7, 11) is 0. The molecule has 0 spiro atoms. The van der Waals surface area contributed by atoms with Crippen molar-refractivity contribution in [2.24, 2.45) is 0 Å². The van der Waals surface area contributed by atoms with Crippen LogP contribution in [0.5, 0.6) is 0 Å². The molecular weight excluding hydrogens is 132 g/mol. The molecule has 0 aliphatic carbocycles. The second kappa shape index (κ2) is 1.66. The zero-order valence-electron chi connectivity index (χ0n) is 4.98. The van der Waals surface area contributed by atoms with Gasteiger partial charge in [0.25, 0.3) is 0 Å². The van der Waals surface area contributed by atoms with E-state index in [0.29, 0.717) is 10.5 Å². The van der Waals surface area contributed by atoms with Gasteiger partial charge in [0.05, 0.1) is 6.20 Å². The summed E-state index contributed by atoms with van der Waals surface area (Å²) in [6, 6.07) is 0. The van der Waals surface area contributed by atoms with Crippen LogP contribution in [0.3, 0.4) is 0 Å². The first-order chi connectivity index (χ1) is 4.88. The van der Waals surface area contributed by atoms with E-state index in [9.17, 15) is 5.21 Å². The zero-order valence-corrected chi connectivity index (χ0v) is 4.98. The van der Waals surface area contributed by atoms with Gasteiger partial charge in [0, 0.05) is 6.20 Å². The molecule has 1 N–H and O–H groups in total. The SMILES string of the molecule is [O-][n+]1[nH]cc2cncnc21. The van der Waals surface area contributed by atoms with Crippen LogP contribution in [0.2, 0.25) is 0 Å². The molecule has 50 valence electrons. The molecule has 0 aliphatic rings. The Hall–Kier alpha value is -1.65. The molecule has 2 rings (SSSR count). The lowest BCUT2D eigenvalue weighted by molar-refractivity contribution is -0.641. The fraction of sp³-hybridized carbons (Fsp3) is 0. The Labute approximate surface area is 55.9 Å². The second-order valence-electron chi connectivity index (χ2n) is 1.87. The lowest BCUT2D eigenvalue weighted by Gasteiger charge is -1.90. The van der Waals surface area contributed by atoms with Crippen LogP contribution in [-0.2, 0) is 0 Å². The summed E-state index contributed by atoms with van der Waals surface area (Å²) in [5.41, 5.74) is 0.370. The molecule has 0 amide bonds. The average molecular weight is 136 g/mol. The Morgan fingerprint density at radius 1 is 1.60 bits per heavy atom. The summed E-state index contributed by atoms with van der Waals surface area (Å²) < 4.78 is 0. The first kappa shape index (κ1) is 5.16. The number of fused-ring (bicyclic) bond motifs is 1. The Kier molecular flexibility index (Phi) is 0.858. The second-order valence-corrected chi connectivity index (χ2v) is 1.87. The van der Waals surface area contributed by atoms with Gasteiger partial charge in [-0.1, -0.05) is 0 Å². The maximum Gasteiger partial charge on any atom is 0.357 e. The summed E-state index contributed by atoms with van der Waals surface area (Å²) in [6.07, 6.45) is 4.47. The number of rotatable bonds is 0. The summed E-state index contributed by atoms with van der Waals surface area (Å²) in [5, 5.41) is 13.9. The van der Waals surface area contributed by atoms with Crippen LogP contribution >= 0.6 is 0 Å². The topological polar surface area (TPSA) is 68.5 Å². The Morgan fingerprint density at radius 2 is 2.50 bits per heavy atom. The molecule has 0 aromatic carbocycles. The number of nitrogens with one attached hydrogen (secondary N) is 1. The number of hydrogen-bond donors (Lipinski definition) is 1. The van der Waals surface area contributed by atoms with Crippen molar-refractivity contribution in [2.45, 2.75) is 0 Å². The average Bonchev–Trinajstić information content (AvgIpc) is 2.34. The summed E-state index contributed by atoms with van der Waals surface area (Å²) in [6.45, 7) is 0. The number of nitrogens with zero attached hydrogens (tertiary/aromatic N) is 3. The molecule has 0 aliphatic heterocycles. The van der Waals surface area contributed by atoms with Crippen molar-refractivity contribution in [1.82, 2.24) is 15.1 Å². The highest BCUT2D eigenvalue weighted by molar-refractivity contribution is 5.68. The normalized spacial score (nSPS) is 10.4. The lowest BCUT2D eigenvalue weighted by atomic mass is 10.5. The third kappa shape index (κ3) is 0.540. The molecule has 0 atom stereocenters.